The van der Waals surface area contributed by atoms with Gasteiger partial charge in [0, 0.05) is 0 Å². The van der Waals surface area contributed by atoms with Crippen molar-refractivity contribution in [2.45, 2.75) is 38.7 Å². The van der Waals surface area contributed by atoms with Crippen LogP contribution in [0.2, 0.25) is 0 Å². The molecule has 2 nitrogen and oxygen atoms in total. The van der Waals surface area contributed by atoms with E-state index in [9.17, 15) is 5.11 Å². The molecule has 0 aliphatic heterocycles. The minimum Gasteiger partial charge on any atom is -0.393 e. The van der Waals surface area contributed by atoms with Crippen molar-refractivity contribution in [3.05, 3.63) is 0 Å². The van der Waals surface area contributed by atoms with Gasteiger partial charge in [-0.25, -0.2) is 0 Å². The lowest BCUT2D eigenvalue weighted by Gasteiger charge is -2.20. The van der Waals surface area contributed by atoms with Gasteiger partial charge >= 0.3 is 0 Å². The highest BCUT2D eigenvalue weighted by atomic mass is 16.3. The van der Waals surface area contributed by atoms with Crippen LogP contribution < -0.4 is 0 Å². The Balaban J connectivity index is 2.15. The fourth-order valence-corrected chi connectivity index (χ4v) is 3.06. The lowest BCUT2D eigenvalue weighted by molar-refractivity contribution is -0.0281. The number of hydrogen-bond acceptors (Lipinski definition) is 2. The van der Waals surface area contributed by atoms with Gasteiger partial charge in [-0.3, -0.25) is 0 Å². The summed E-state index contributed by atoms with van der Waals surface area (Å²) in [5, 5.41) is 19.0. The number of fused-ring (bicyclic) bond motifs is 1. The van der Waals surface area contributed by atoms with Crippen molar-refractivity contribution in [1.29, 1.82) is 0 Å². The molecule has 70 valence electrons. The summed E-state index contributed by atoms with van der Waals surface area (Å²) in [5.74, 6) is 1.04. The van der Waals surface area contributed by atoms with E-state index < -0.39 is 5.60 Å². The molecule has 2 heteroatoms. The van der Waals surface area contributed by atoms with Crippen molar-refractivity contribution >= 4 is 0 Å². The van der Waals surface area contributed by atoms with E-state index in [-0.39, 0.29) is 6.61 Å². The zero-order chi connectivity index (χ0) is 8.98. The van der Waals surface area contributed by atoms with Gasteiger partial charge in [0.15, 0.2) is 0 Å². The lowest BCUT2D eigenvalue weighted by Crippen LogP contribution is -2.33. The molecule has 0 bridgehead atoms. The van der Waals surface area contributed by atoms with E-state index >= 15 is 0 Å². The quantitative estimate of drug-likeness (QED) is 0.653. The third-order valence-corrected chi connectivity index (χ3v) is 4.21. The highest BCUT2D eigenvalue weighted by Crippen LogP contribution is 2.70. The molecule has 3 atom stereocenters. The van der Waals surface area contributed by atoms with Crippen LogP contribution in [-0.2, 0) is 0 Å². The van der Waals surface area contributed by atoms with Crippen molar-refractivity contribution < 1.29 is 10.2 Å². The van der Waals surface area contributed by atoms with E-state index in [0.717, 1.165) is 19.3 Å². The molecule has 0 amide bonds. The molecule has 0 saturated heterocycles. The number of aliphatic hydroxyl groups excluding tert-OH is 1. The van der Waals surface area contributed by atoms with Crippen LogP contribution in [0.15, 0.2) is 0 Å². The minimum atomic E-state index is -0.732. The monoisotopic (exact) mass is 170 g/mol. The number of hydrogen-bond donors (Lipinski definition) is 2. The van der Waals surface area contributed by atoms with Gasteiger partial charge in [0.25, 0.3) is 0 Å². The maximum atomic E-state index is 9.97. The molecule has 12 heavy (non-hydrogen) atoms. The first-order valence-electron chi connectivity index (χ1n) is 4.88. The Kier molecular flexibility index (Phi) is 1.59. The fourth-order valence-electron chi connectivity index (χ4n) is 3.06. The average molecular weight is 170 g/mol. The van der Waals surface area contributed by atoms with Crippen molar-refractivity contribution in [3.8, 4) is 0 Å². The summed E-state index contributed by atoms with van der Waals surface area (Å²) in [6, 6.07) is 0. The normalized spacial score (nSPS) is 51.2. The van der Waals surface area contributed by atoms with Gasteiger partial charge in [-0.2, -0.15) is 0 Å². The van der Waals surface area contributed by atoms with Gasteiger partial charge < -0.3 is 10.2 Å². The van der Waals surface area contributed by atoms with Gasteiger partial charge in [-0.15, -0.1) is 0 Å². The van der Waals surface area contributed by atoms with E-state index in [4.69, 9.17) is 5.11 Å². The Morgan fingerprint density at radius 2 is 2.08 bits per heavy atom. The maximum Gasteiger partial charge on any atom is 0.0911 e. The molecule has 0 aromatic carbocycles. The molecule has 0 heterocycles. The van der Waals surface area contributed by atoms with E-state index in [1.54, 1.807) is 0 Å². The molecule has 2 aliphatic carbocycles. The molecule has 0 aromatic heterocycles. The van der Waals surface area contributed by atoms with E-state index in [1.165, 1.54) is 0 Å². The SMILES string of the molecule is CC(C)C12CCC(O)(CO)C1C2. The third-order valence-electron chi connectivity index (χ3n) is 4.21. The third kappa shape index (κ3) is 0.826. The van der Waals surface area contributed by atoms with Crippen LogP contribution in [0.1, 0.15) is 33.1 Å². The summed E-state index contributed by atoms with van der Waals surface area (Å²) in [7, 11) is 0. The second-order valence-electron chi connectivity index (χ2n) is 4.91. The maximum absolute atomic E-state index is 9.97. The van der Waals surface area contributed by atoms with Crippen LogP contribution in [0.4, 0.5) is 0 Å². The van der Waals surface area contributed by atoms with Crippen molar-refractivity contribution in [2.24, 2.45) is 17.3 Å². The molecule has 2 rings (SSSR count). The topological polar surface area (TPSA) is 40.5 Å². The van der Waals surface area contributed by atoms with Crippen molar-refractivity contribution in [3.63, 3.8) is 0 Å². The second-order valence-corrected chi connectivity index (χ2v) is 4.91. The summed E-state index contributed by atoms with van der Waals surface area (Å²) >= 11 is 0. The highest BCUT2D eigenvalue weighted by Gasteiger charge is 2.68. The molecule has 3 unspecified atom stereocenters. The summed E-state index contributed by atoms with van der Waals surface area (Å²) in [4.78, 5) is 0. The van der Waals surface area contributed by atoms with Crippen LogP contribution in [0.3, 0.4) is 0 Å². The fraction of sp³-hybridized carbons (Fsp3) is 1.00. The first kappa shape index (κ1) is 8.52. The Morgan fingerprint density at radius 3 is 2.33 bits per heavy atom. The largest absolute Gasteiger partial charge is 0.393 e. The molecule has 0 radical (unpaired) electrons. The van der Waals surface area contributed by atoms with Gasteiger partial charge in [-0.1, -0.05) is 13.8 Å². The molecular weight excluding hydrogens is 152 g/mol. The van der Waals surface area contributed by atoms with Crippen LogP contribution in [-0.4, -0.2) is 22.4 Å². The summed E-state index contributed by atoms with van der Waals surface area (Å²) in [6.45, 7) is 4.40. The predicted octanol–water partition coefficient (Wildman–Crippen LogP) is 1.17. The van der Waals surface area contributed by atoms with Crippen molar-refractivity contribution in [2.75, 3.05) is 6.61 Å². The standard InChI is InChI=1S/C10H18O2/c1-7(2)9-3-4-10(12,6-11)8(9)5-9/h7-8,11-12H,3-6H2,1-2H3. The van der Waals surface area contributed by atoms with Gasteiger partial charge in [0.2, 0.25) is 0 Å². The lowest BCUT2D eigenvalue weighted by atomic mass is 9.90. The van der Waals surface area contributed by atoms with Crippen LogP contribution >= 0.6 is 0 Å². The Hall–Kier alpha value is -0.0800. The number of aliphatic hydroxyl groups is 2. The van der Waals surface area contributed by atoms with Gasteiger partial charge in [-0.05, 0) is 36.5 Å². The number of rotatable bonds is 2. The first-order chi connectivity index (χ1) is 5.55. The second kappa shape index (κ2) is 2.24. The van der Waals surface area contributed by atoms with Gasteiger partial charge in [0.05, 0.1) is 12.2 Å². The smallest absolute Gasteiger partial charge is 0.0911 e. The van der Waals surface area contributed by atoms with E-state index in [0.29, 0.717) is 17.3 Å². The van der Waals surface area contributed by atoms with Crippen molar-refractivity contribution in [1.82, 2.24) is 0 Å². The molecule has 2 fully saturated rings. The Morgan fingerprint density at radius 1 is 1.42 bits per heavy atom. The Bertz CT molecular complexity index is 202. The zero-order valence-corrected chi connectivity index (χ0v) is 7.88. The van der Waals surface area contributed by atoms with Crippen LogP contribution in [0.5, 0.6) is 0 Å². The summed E-state index contributed by atoms with van der Waals surface area (Å²) in [5.41, 5.74) is -0.345. The Labute approximate surface area is 73.6 Å². The summed E-state index contributed by atoms with van der Waals surface area (Å²) < 4.78 is 0. The molecule has 0 aromatic rings. The highest BCUT2D eigenvalue weighted by molar-refractivity contribution is 5.18. The van der Waals surface area contributed by atoms with Gasteiger partial charge in [0.1, 0.15) is 0 Å². The van der Waals surface area contributed by atoms with E-state index in [2.05, 4.69) is 13.8 Å². The first-order valence-corrected chi connectivity index (χ1v) is 4.88. The van der Waals surface area contributed by atoms with Crippen LogP contribution in [0, 0.1) is 17.3 Å². The van der Waals surface area contributed by atoms with E-state index in [1.807, 2.05) is 0 Å². The molecule has 2 N–H and O–H groups in total. The van der Waals surface area contributed by atoms with Crippen LogP contribution in [0.25, 0.3) is 0 Å². The molecule has 2 saturated carbocycles. The average Bonchev–Trinajstić information content (AvgIpc) is 2.72. The minimum absolute atomic E-state index is 0.0495. The molecular formula is C10H18O2. The molecule has 2 aliphatic rings. The summed E-state index contributed by atoms with van der Waals surface area (Å²) in [6.07, 6.45) is 3.03. The zero-order valence-electron chi connectivity index (χ0n) is 7.88. The molecule has 0 spiro atoms. The predicted molar refractivity (Wildman–Crippen MR) is 46.6 cm³/mol.